The molecule has 1 atom stereocenters. The lowest BCUT2D eigenvalue weighted by molar-refractivity contribution is -0.122. The molecule has 3 N–H and O–H groups in total. The highest BCUT2D eigenvalue weighted by Crippen LogP contribution is 2.30. The van der Waals surface area contributed by atoms with Crippen LogP contribution in [0.15, 0.2) is 0 Å². The lowest BCUT2D eigenvalue weighted by Gasteiger charge is -2.27. The third-order valence-electron chi connectivity index (χ3n) is 5.18. The maximum atomic E-state index is 12.0. The van der Waals surface area contributed by atoms with Gasteiger partial charge in [0.1, 0.15) is 0 Å². The van der Waals surface area contributed by atoms with Crippen LogP contribution in [0, 0.1) is 17.8 Å². The van der Waals surface area contributed by atoms with E-state index in [-0.39, 0.29) is 5.91 Å². The molecule has 1 saturated heterocycles. The molecule has 2 rings (SSSR count). The second-order valence-electron chi connectivity index (χ2n) is 6.68. The summed E-state index contributed by atoms with van der Waals surface area (Å²) in [6.07, 6.45) is 6.74. The van der Waals surface area contributed by atoms with Crippen LogP contribution in [0.2, 0.25) is 0 Å². The molecule has 116 valence electrons. The predicted molar refractivity (Wildman–Crippen MR) is 82.4 cm³/mol. The molecule has 0 aromatic rings. The van der Waals surface area contributed by atoms with Crippen LogP contribution < -0.4 is 11.1 Å². The number of hydrogen-bond acceptors (Lipinski definition) is 3. The minimum atomic E-state index is 0.260. The van der Waals surface area contributed by atoms with Gasteiger partial charge in [-0.2, -0.15) is 0 Å². The zero-order chi connectivity index (χ0) is 14.4. The maximum Gasteiger partial charge on any atom is 0.220 e. The van der Waals surface area contributed by atoms with Gasteiger partial charge in [0.2, 0.25) is 5.91 Å². The van der Waals surface area contributed by atoms with Crippen LogP contribution >= 0.6 is 0 Å². The minimum absolute atomic E-state index is 0.260. The number of rotatable bonds is 6. The summed E-state index contributed by atoms with van der Waals surface area (Å²) >= 11 is 0. The molecule has 0 aromatic carbocycles. The number of hydrogen-bond donors (Lipinski definition) is 2. The van der Waals surface area contributed by atoms with Crippen LogP contribution in [0.1, 0.15) is 45.4 Å². The molecule has 1 aliphatic carbocycles. The fraction of sp³-hybridized carbons (Fsp3) is 0.938. The van der Waals surface area contributed by atoms with Crippen LogP contribution in [0.4, 0.5) is 0 Å². The van der Waals surface area contributed by atoms with Gasteiger partial charge in [0, 0.05) is 19.5 Å². The summed E-state index contributed by atoms with van der Waals surface area (Å²) in [5.74, 6) is 2.21. The third kappa shape index (κ3) is 4.74. The van der Waals surface area contributed by atoms with E-state index in [4.69, 9.17) is 5.73 Å². The number of likely N-dealkylation sites (tertiary alicyclic amines) is 1. The standard InChI is InChI=1S/C16H31N3O/c1-2-19-8-7-15(12-19)11-18-16(20)9-13-3-5-14(10-17)6-4-13/h13-15H,2-12,17H2,1H3,(H,18,20). The Morgan fingerprint density at radius 1 is 1.15 bits per heavy atom. The van der Waals surface area contributed by atoms with Crippen LogP contribution in [-0.4, -0.2) is 43.5 Å². The van der Waals surface area contributed by atoms with Crippen molar-refractivity contribution in [3.8, 4) is 0 Å². The molecule has 2 fully saturated rings. The number of nitrogens with one attached hydrogen (secondary N) is 1. The molecule has 4 nitrogen and oxygen atoms in total. The summed E-state index contributed by atoms with van der Waals surface area (Å²) in [7, 11) is 0. The lowest BCUT2D eigenvalue weighted by atomic mass is 9.80. The van der Waals surface area contributed by atoms with Gasteiger partial charge in [-0.1, -0.05) is 6.92 Å². The van der Waals surface area contributed by atoms with E-state index >= 15 is 0 Å². The molecule has 4 heteroatoms. The molecule has 20 heavy (non-hydrogen) atoms. The lowest BCUT2D eigenvalue weighted by Crippen LogP contribution is -2.33. The first-order valence-electron chi connectivity index (χ1n) is 8.40. The average molecular weight is 281 g/mol. The Morgan fingerprint density at radius 3 is 2.45 bits per heavy atom. The molecule has 0 spiro atoms. The molecule has 1 saturated carbocycles. The van der Waals surface area contributed by atoms with Gasteiger partial charge in [0.05, 0.1) is 0 Å². The molecular formula is C16H31N3O. The van der Waals surface area contributed by atoms with Crippen molar-refractivity contribution in [2.24, 2.45) is 23.5 Å². The highest BCUT2D eigenvalue weighted by atomic mass is 16.1. The van der Waals surface area contributed by atoms with Gasteiger partial charge in [0.25, 0.3) is 0 Å². The second kappa shape index (κ2) is 7.99. The number of carbonyl (C=O) groups excluding carboxylic acids is 1. The molecule has 1 heterocycles. The molecule has 1 unspecified atom stereocenters. The van der Waals surface area contributed by atoms with Crippen molar-refractivity contribution in [2.45, 2.75) is 45.4 Å². The Labute approximate surface area is 123 Å². The van der Waals surface area contributed by atoms with E-state index in [1.54, 1.807) is 0 Å². The fourth-order valence-corrected chi connectivity index (χ4v) is 3.63. The first-order chi connectivity index (χ1) is 9.71. The minimum Gasteiger partial charge on any atom is -0.356 e. The summed E-state index contributed by atoms with van der Waals surface area (Å²) in [4.78, 5) is 14.5. The fourth-order valence-electron chi connectivity index (χ4n) is 3.63. The van der Waals surface area contributed by atoms with Crippen molar-refractivity contribution in [3.63, 3.8) is 0 Å². The van der Waals surface area contributed by atoms with Crippen molar-refractivity contribution >= 4 is 5.91 Å². The average Bonchev–Trinajstić information content (AvgIpc) is 2.94. The Balaban J connectivity index is 1.59. The molecule has 1 amide bonds. The Hall–Kier alpha value is -0.610. The summed E-state index contributed by atoms with van der Waals surface area (Å²) in [5, 5.41) is 3.15. The Morgan fingerprint density at radius 2 is 1.85 bits per heavy atom. The SMILES string of the molecule is CCN1CCC(CNC(=O)CC2CCC(CN)CC2)C1. The third-order valence-corrected chi connectivity index (χ3v) is 5.18. The van der Waals surface area contributed by atoms with Crippen molar-refractivity contribution in [2.75, 3.05) is 32.7 Å². The van der Waals surface area contributed by atoms with Crippen LogP contribution in [0.5, 0.6) is 0 Å². The normalized spacial score (nSPS) is 31.4. The summed E-state index contributed by atoms with van der Waals surface area (Å²) < 4.78 is 0. The van der Waals surface area contributed by atoms with Gasteiger partial charge < -0.3 is 16.0 Å². The molecule has 1 aliphatic heterocycles. The smallest absolute Gasteiger partial charge is 0.220 e. The van der Waals surface area contributed by atoms with E-state index in [9.17, 15) is 4.79 Å². The van der Waals surface area contributed by atoms with Gasteiger partial charge in [-0.05, 0) is 69.5 Å². The second-order valence-corrected chi connectivity index (χ2v) is 6.68. The molecule has 0 radical (unpaired) electrons. The van der Waals surface area contributed by atoms with Crippen molar-refractivity contribution < 1.29 is 4.79 Å². The highest BCUT2D eigenvalue weighted by Gasteiger charge is 2.24. The first kappa shape index (κ1) is 15.8. The number of amides is 1. The molecule has 0 bridgehead atoms. The molecule has 0 aromatic heterocycles. The van der Waals surface area contributed by atoms with E-state index in [1.165, 1.54) is 38.6 Å². The largest absolute Gasteiger partial charge is 0.356 e. The summed E-state index contributed by atoms with van der Waals surface area (Å²) in [6.45, 7) is 7.37. The van der Waals surface area contributed by atoms with Gasteiger partial charge in [-0.25, -0.2) is 0 Å². The first-order valence-corrected chi connectivity index (χ1v) is 8.40. The highest BCUT2D eigenvalue weighted by molar-refractivity contribution is 5.76. The van der Waals surface area contributed by atoms with E-state index in [0.29, 0.717) is 17.8 Å². The number of carbonyl (C=O) groups is 1. The van der Waals surface area contributed by atoms with Gasteiger partial charge in [-0.15, -0.1) is 0 Å². The maximum absolute atomic E-state index is 12.0. The van der Waals surface area contributed by atoms with E-state index in [1.807, 2.05) is 0 Å². The van der Waals surface area contributed by atoms with Gasteiger partial charge in [-0.3, -0.25) is 4.79 Å². The van der Waals surface area contributed by atoms with Crippen molar-refractivity contribution in [1.29, 1.82) is 0 Å². The molecular weight excluding hydrogens is 250 g/mol. The quantitative estimate of drug-likeness (QED) is 0.777. The Kier molecular flexibility index (Phi) is 6.30. The van der Waals surface area contributed by atoms with E-state index in [0.717, 1.165) is 32.6 Å². The topological polar surface area (TPSA) is 58.4 Å². The summed E-state index contributed by atoms with van der Waals surface area (Å²) in [5.41, 5.74) is 5.71. The van der Waals surface area contributed by atoms with Crippen molar-refractivity contribution in [3.05, 3.63) is 0 Å². The number of nitrogens with two attached hydrogens (primary N) is 1. The van der Waals surface area contributed by atoms with Crippen LogP contribution in [0.25, 0.3) is 0 Å². The van der Waals surface area contributed by atoms with Gasteiger partial charge >= 0.3 is 0 Å². The van der Waals surface area contributed by atoms with Crippen molar-refractivity contribution in [1.82, 2.24) is 10.2 Å². The van der Waals surface area contributed by atoms with E-state index in [2.05, 4.69) is 17.1 Å². The predicted octanol–water partition coefficient (Wildman–Crippen LogP) is 1.60. The number of nitrogens with zero attached hydrogens (tertiary/aromatic N) is 1. The summed E-state index contributed by atoms with van der Waals surface area (Å²) in [6, 6.07) is 0. The van der Waals surface area contributed by atoms with Gasteiger partial charge in [0.15, 0.2) is 0 Å². The monoisotopic (exact) mass is 281 g/mol. The van der Waals surface area contributed by atoms with Crippen LogP contribution in [0.3, 0.4) is 0 Å². The van der Waals surface area contributed by atoms with Crippen LogP contribution in [-0.2, 0) is 4.79 Å². The van der Waals surface area contributed by atoms with E-state index < -0.39 is 0 Å². The molecule has 2 aliphatic rings. The zero-order valence-corrected chi connectivity index (χ0v) is 12.9. The Bertz CT molecular complexity index is 300. The zero-order valence-electron chi connectivity index (χ0n) is 12.9.